The third kappa shape index (κ3) is 2.52. The van der Waals surface area contributed by atoms with Gasteiger partial charge in [-0.15, -0.1) is 0 Å². The number of fused-ring (bicyclic) bond motifs is 1. The van der Waals surface area contributed by atoms with Gasteiger partial charge in [-0.1, -0.05) is 24.3 Å². The van der Waals surface area contributed by atoms with Crippen LogP contribution in [0.3, 0.4) is 0 Å². The summed E-state index contributed by atoms with van der Waals surface area (Å²) in [5.41, 5.74) is 2.36. The number of aryl methyl sites for hydroxylation is 1. The maximum absolute atomic E-state index is 4.98. The smallest absolute Gasteiger partial charge is 0.136 e. The molecule has 0 amide bonds. The highest BCUT2D eigenvalue weighted by Crippen LogP contribution is 2.36. The van der Waals surface area contributed by atoms with E-state index in [1.165, 1.54) is 29.3 Å². The van der Waals surface area contributed by atoms with Gasteiger partial charge < -0.3 is 15.1 Å². The maximum Gasteiger partial charge on any atom is 0.136 e. The Morgan fingerprint density at radius 2 is 1.73 bits per heavy atom. The Morgan fingerprint density at radius 3 is 2.41 bits per heavy atom. The van der Waals surface area contributed by atoms with E-state index < -0.39 is 0 Å². The first-order chi connectivity index (χ1) is 10.7. The van der Waals surface area contributed by atoms with Crippen LogP contribution in [0.2, 0.25) is 0 Å². The highest BCUT2D eigenvalue weighted by atomic mass is 15.3. The molecule has 4 heteroatoms. The number of aromatic nitrogens is 1. The Kier molecular flexibility index (Phi) is 3.41. The van der Waals surface area contributed by atoms with Crippen LogP contribution >= 0.6 is 0 Å². The van der Waals surface area contributed by atoms with Crippen molar-refractivity contribution in [2.75, 3.05) is 43.4 Å². The molecule has 116 valence electrons. The fraction of sp³-hybridized carbons (Fsp3) is 0.500. The van der Waals surface area contributed by atoms with Crippen molar-refractivity contribution in [1.82, 2.24) is 9.88 Å². The Hall–Kier alpha value is -1.81. The van der Waals surface area contributed by atoms with Gasteiger partial charge in [0.1, 0.15) is 5.82 Å². The summed E-state index contributed by atoms with van der Waals surface area (Å²) in [4.78, 5) is 9.80. The highest BCUT2D eigenvalue weighted by Gasteiger charge is 2.24. The molecular formula is C18H24N4. The van der Waals surface area contributed by atoms with Crippen LogP contribution in [0.15, 0.2) is 24.3 Å². The third-order valence-electron chi connectivity index (χ3n) is 4.80. The fourth-order valence-corrected chi connectivity index (χ4v) is 3.24. The van der Waals surface area contributed by atoms with Crippen molar-refractivity contribution in [2.45, 2.75) is 25.8 Å². The van der Waals surface area contributed by atoms with Crippen LogP contribution in [0, 0.1) is 6.92 Å². The highest BCUT2D eigenvalue weighted by molar-refractivity contribution is 6.01. The van der Waals surface area contributed by atoms with Gasteiger partial charge in [-0.2, -0.15) is 0 Å². The molecule has 4 rings (SSSR count). The molecule has 22 heavy (non-hydrogen) atoms. The predicted molar refractivity (Wildman–Crippen MR) is 92.8 cm³/mol. The summed E-state index contributed by atoms with van der Waals surface area (Å²) in [6.07, 6.45) is 2.57. The van der Waals surface area contributed by atoms with Crippen LogP contribution in [0.5, 0.6) is 0 Å². The lowest BCUT2D eigenvalue weighted by Gasteiger charge is -2.34. The molecule has 1 saturated heterocycles. The number of nitrogens with zero attached hydrogens (tertiary/aromatic N) is 3. The van der Waals surface area contributed by atoms with Crippen molar-refractivity contribution in [2.24, 2.45) is 0 Å². The summed E-state index contributed by atoms with van der Waals surface area (Å²) in [5.74, 6) is 1.16. The molecule has 2 fully saturated rings. The molecule has 0 unspecified atom stereocenters. The van der Waals surface area contributed by atoms with E-state index in [1.54, 1.807) is 0 Å². The Labute approximate surface area is 132 Å². The van der Waals surface area contributed by atoms with Crippen LogP contribution in [-0.4, -0.2) is 49.2 Å². The second kappa shape index (κ2) is 5.43. The van der Waals surface area contributed by atoms with Crippen LogP contribution in [0.4, 0.5) is 11.5 Å². The molecule has 4 nitrogen and oxygen atoms in total. The minimum absolute atomic E-state index is 0.651. The zero-order valence-electron chi connectivity index (χ0n) is 13.5. The van der Waals surface area contributed by atoms with E-state index in [9.17, 15) is 0 Å². The van der Waals surface area contributed by atoms with E-state index >= 15 is 0 Å². The third-order valence-corrected chi connectivity index (χ3v) is 4.80. The zero-order valence-corrected chi connectivity index (χ0v) is 13.5. The molecule has 0 spiro atoms. The second-order valence-corrected chi connectivity index (χ2v) is 6.65. The number of rotatable bonds is 3. The number of pyridine rings is 1. The van der Waals surface area contributed by atoms with Crippen LogP contribution in [0.1, 0.15) is 18.5 Å². The molecule has 1 aliphatic heterocycles. The van der Waals surface area contributed by atoms with E-state index in [0.29, 0.717) is 6.04 Å². The number of likely N-dealkylation sites (N-methyl/N-ethyl adjacent to an activating group) is 1. The minimum Gasteiger partial charge on any atom is -0.380 e. The molecule has 2 aromatic rings. The van der Waals surface area contributed by atoms with Crippen LogP contribution in [-0.2, 0) is 0 Å². The van der Waals surface area contributed by atoms with Gasteiger partial charge in [0.2, 0.25) is 0 Å². The SMILES string of the molecule is Cc1nc(N2CCN(C)CC2)c2ccccc2c1NC1CC1. The van der Waals surface area contributed by atoms with E-state index in [-0.39, 0.29) is 0 Å². The minimum atomic E-state index is 0.651. The molecular weight excluding hydrogens is 272 g/mol. The Bertz CT molecular complexity index is 685. The number of hydrogen-bond donors (Lipinski definition) is 1. The number of nitrogens with one attached hydrogen (secondary N) is 1. The standard InChI is InChI=1S/C18H24N4/c1-13-17(20-14-7-8-14)15-5-3-4-6-16(15)18(19-13)22-11-9-21(2)10-12-22/h3-6,14,20H,7-12H2,1-2H3. The summed E-state index contributed by atoms with van der Waals surface area (Å²) >= 11 is 0. The van der Waals surface area contributed by atoms with Gasteiger partial charge in [0.05, 0.1) is 11.4 Å². The Balaban J connectivity index is 1.78. The fourth-order valence-electron chi connectivity index (χ4n) is 3.24. The average molecular weight is 296 g/mol. The monoisotopic (exact) mass is 296 g/mol. The van der Waals surface area contributed by atoms with Crippen molar-refractivity contribution in [3.05, 3.63) is 30.0 Å². The van der Waals surface area contributed by atoms with Crippen molar-refractivity contribution < 1.29 is 0 Å². The summed E-state index contributed by atoms with van der Waals surface area (Å²) in [5, 5.41) is 6.27. The van der Waals surface area contributed by atoms with Gasteiger partial charge in [-0.25, -0.2) is 4.98 Å². The first-order valence-electron chi connectivity index (χ1n) is 8.32. The second-order valence-electron chi connectivity index (χ2n) is 6.65. The largest absolute Gasteiger partial charge is 0.380 e. The molecule has 1 saturated carbocycles. The lowest BCUT2D eigenvalue weighted by atomic mass is 10.1. The number of anilines is 2. The van der Waals surface area contributed by atoms with Crippen molar-refractivity contribution in [1.29, 1.82) is 0 Å². The van der Waals surface area contributed by atoms with Gasteiger partial charge in [-0.3, -0.25) is 0 Å². The zero-order chi connectivity index (χ0) is 15.1. The summed E-state index contributed by atoms with van der Waals surface area (Å²) in [6.45, 7) is 6.47. The van der Waals surface area contributed by atoms with Crippen molar-refractivity contribution in [3.8, 4) is 0 Å². The van der Waals surface area contributed by atoms with Crippen molar-refractivity contribution >= 4 is 22.3 Å². The molecule has 1 aromatic carbocycles. The van der Waals surface area contributed by atoms with E-state index in [1.807, 2.05) is 0 Å². The lowest BCUT2D eigenvalue weighted by Crippen LogP contribution is -2.45. The number of piperazine rings is 1. The Morgan fingerprint density at radius 1 is 1.05 bits per heavy atom. The summed E-state index contributed by atoms with van der Waals surface area (Å²) < 4.78 is 0. The summed E-state index contributed by atoms with van der Waals surface area (Å²) in [6, 6.07) is 9.35. The van der Waals surface area contributed by atoms with E-state index in [0.717, 1.165) is 37.7 Å². The van der Waals surface area contributed by atoms with Gasteiger partial charge in [0, 0.05) is 43.0 Å². The van der Waals surface area contributed by atoms with Crippen molar-refractivity contribution in [3.63, 3.8) is 0 Å². The van der Waals surface area contributed by atoms with Crippen LogP contribution in [0.25, 0.3) is 10.8 Å². The van der Waals surface area contributed by atoms with E-state index in [2.05, 4.69) is 53.4 Å². The predicted octanol–water partition coefficient (Wildman–Crippen LogP) is 2.87. The lowest BCUT2D eigenvalue weighted by molar-refractivity contribution is 0.312. The number of benzene rings is 1. The molecule has 2 heterocycles. The van der Waals surface area contributed by atoms with Crippen LogP contribution < -0.4 is 10.2 Å². The van der Waals surface area contributed by atoms with Gasteiger partial charge in [0.15, 0.2) is 0 Å². The maximum atomic E-state index is 4.98. The summed E-state index contributed by atoms with van der Waals surface area (Å²) in [7, 11) is 2.19. The van der Waals surface area contributed by atoms with E-state index in [4.69, 9.17) is 4.98 Å². The van der Waals surface area contributed by atoms with Gasteiger partial charge in [0.25, 0.3) is 0 Å². The van der Waals surface area contributed by atoms with Gasteiger partial charge >= 0.3 is 0 Å². The molecule has 0 bridgehead atoms. The first-order valence-corrected chi connectivity index (χ1v) is 8.32. The van der Waals surface area contributed by atoms with Gasteiger partial charge in [-0.05, 0) is 26.8 Å². The molecule has 1 N–H and O–H groups in total. The molecule has 1 aromatic heterocycles. The molecule has 0 atom stereocenters. The quantitative estimate of drug-likeness (QED) is 0.944. The molecule has 1 aliphatic carbocycles. The normalized spacial score (nSPS) is 19.6. The molecule has 2 aliphatic rings. The number of hydrogen-bond acceptors (Lipinski definition) is 4. The average Bonchev–Trinajstić information content (AvgIpc) is 3.35. The molecule has 0 radical (unpaired) electrons. The topological polar surface area (TPSA) is 31.4 Å². The first kappa shape index (κ1) is 13.8.